The lowest BCUT2D eigenvalue weighted by Crippen LogP contribution is -2.20. The second-order valence-corrected chi connectivity index (χ2v) is 7.54. The predicted molar refractivity (Wildman–Crippen MR) is 111 cm³/mol. The van der Waals surface area contributed by atoms with Crippen molar-refractivity contribution in [2.75, 3.05) is 10.6 Å². The van der Waals surface area contributed by atoms with E-state index in [1.165, 1.54) is 6.20 Å². The van der Waals surface area contributed by atoms with E-state index in [0.29, 0.717) is 28.2 Å². The van der Waals surface area contributed by atoms with E-state index < -0.39 is 6.03 Å². The van der Waals surface area contributed by atoms with Crippen molar-refractivity contribution in [2.45, 2.75) is 26.2 Å². The third-order valence-corrected chi connectivity index (χ3v) is 4.13. The van der Waals surface area contributed by atoms with E-state index in [1.807, 2.05) is 24.3 Å². The van der Waals surface area contributed by atoms with Gasteiger partial charge < -0.3 is 15.4 Å². The van der Waals surface area contributed by atoms with E-state index in [-0.39, 0.29) is 5.41 Å². The Morgan fingerprint density at radius 3 is 2.50 bits per heavy atom. The number of nitrogens with one attached hydrogen (secondary N) is 2. The Balaban J connectivity index is 1.79. The number of rotatable bonds is 4. The van der Waals surface area contributed by atoms with Crippen LogP contribution in [0, 0.1) is 0 Å². The fourth-order valence-electron chi connectivity index (χ4n) is 2.58. The molecule has 1 aromatic carbocycles. The van der Waals surface area contributed by atoms with Gasteiger partial charge in [-0.2, -0.15) is 0 Å². The summed E-state index contributed by atoms with van der Waals surface area (Å²) in [5.41, 5.74) is 1.91. The number of hydrogen-bond donors (Lipinski definition) is 2. The topological polar surface area (TPSA) is 76.1 Å². The second kappa shape index (κ2) is 8.27. The van der Waals surface area contributed by atoms with Gasteiger partial charge in [-0.25, -0.2) is 14.8 Å². The van der Waals surface area contributed by atoms with Gasteiger partial charge >= 0.3 is 6.03 Å². The molecule has 0 atom stereocenters. The number of carbonyl (C=O) groups is 1. The number of carbonyl (C=O) groups excluding carboxylic acids is 1. The number of urea groups is 1. The van der Waals surface area contributed by atoms with Crippen LogP contribution in [0.15, 0.2) is 60.9 Å². The monoisotopic (exact) mass is 396 g/mol. The molecular weight excluding hydrogens is 376 g/mol. The second-order valence-electron chi connectivity index (χ2n) is 7.15. The average Bonchev–Trinajstić information content (AvgIpc) is 2.65. The molecule has 2 aromatic heterocycles. The van der Waals surface area contributed by atoms with Gasteiger partial charge in [0.1, 0.15) is 16.6 Å². The van der Waals surface area contributed by atoms with Crippen LogP contribution >= 0.6 is 11.6 Å². The lowest BCUT2D eigenvalue weighted by atomic mass is 9.86. The highest BCUT2D eigenvalue weighted by atomic mass is 35.5. The van der Waals surface area contributed by atoms with Crippen LogP contribution in [0.4, 0.5) is 16.2 Å². The largest absolute Gasteiger partial charge is 0.437 e. The van der Waals surface area contributed by atoms with E-state index >= 15 is 0 Å². The maximum Gasteiger partial charge on any atom is 0.323 e. The van der Waals surface area contributed by atoms with Gasteiger partial charge in [0.15, 0.2) is 0 Å². The highest BCUT2D eigenvalue weighted by Gasteiger charge is 2.20. The molecule has 28 heavy (non-hydrogen) atoms. The Labute approximate surface area is 168 Å². The Kier molecular flexibility index (Phi) is 5.80. The molecule has 0 unspecified atom stereocenters. The van der Waals surface area contributed by atoms with E-state index in [1.54, 1.807) is 30.5 Å². The lowest BCUT2D eigenvalue weighted by Gasteiger charge is -2.22. The van der Waals surface area contributed by atoms with Crippen molar-refractivity contribution >= 4 is 29.0 Å². The summed E-state index contributed by atoms with van der Waals surface area (Å²) in [6, 6.07) is 14.0. The fraction of sp³-hybridized carbons (Fsp3) is 0.190. The zero-order valence-electron chi connectivity index (χ0n) is 15.9. The van der Waals surface area contributed by atoms with Gasteiger partial charge in [-0.3, -0.25) is 0 Å². The fourth-order valence-corrected chi connectivity index (χ4v) is 2.69. The van der Waals surface area contributed by atoms with E-state index in [2.05, 4.69) is 41.4 Å². The number of pyridine rings is 2. The van der Waals surface area contributed by atoms with E-state index in [0.717, 1.165) is 5.56 Å². The maximum absolute atomic E-state index is 12.3. The predicted octanol–water partition coefficient (Wildman–Crippen LogP) is 5.86. The first-order valence-electron chi connectivity index (χ1n) is 8.75. The smallest absolute Gasteiger partial charge is 0.323 e. The first-order chi connectivity index (χ1) is 13.3. The Morgan fingerprint density at radius 1 is 1.00 bits per heavy atom. The molecule has 0 spiro atoms. The van der Waals surface area contributed by atoms with Crippen LogP contribution in [0.2, 0.25) is 5.15 Å². The molecule has 3 aromatic rings. The number of ether oxygens (including phenoxy) is 1. The number of anilines is 2. The molecule has 144 valence electrons. The quantitative estimate of drug-likeness (QED) is 0.541. The van der Waals surface area contributed by atoms with Gasteiger partial charge in [-0.1, -0.05) is 50.6 Å². The summed E-state index contributed by atoms with van der Waals surface area (Å²) in [5, 5.41) is 5.80. The number of benzene rings is 1. The van der Waals surface area contributed by atoms with Crippen LogP contribution in [-0.2, 0) is 5.41 Å². The molecule has 0 bridgehead atoms. The number of hydrogen-bond acceptors (Lipinski definition) is 4. The van der Waals surface area contributed by atoms with Crippen molar-refractivity contribution in [3.63, 3.8) is 0 Å². The molecule has 0 fully saturated rings. The van der Waals surface area contributed by atoms with Crippen molar-refractivity contribution in [1.29, 1.82) is 0 Å². The molecule has 6 nitrogen and oxygen atoms in total. The summed E-state index contributed by atoms with van der Waals surface area (Å²) < 4.78 is 6.05. The SMILES string of the molecule is CC(C)(C)c1ccccc1Oc1ncccc1NC(=O)Nc1ccc(Cl)nc1. The first-order valence-corrected chi connectivity index (χ1v) is 9.12. The average molecular weight is 397 g/mol. The van der Waals surface area contributed by atoms with E-state index in [9.17, 15) is 4.79 Å². The number of halogens is 1. The highest BCUT2D eigenvalue weighted by molar-refractivity contribution is 6.29. The molecule has 0 saturated carbocycles. The van der Waals surface area contributed by atoms with Gasteiger partial charge in [0.25, 0.3) is 0 Å². The molecular formula is C21H21ClN4O2. The number of amides is 2. The summed E-state index contributed by atoms with van der Waals surface area (Å²) >= 11 is 5.76. The van der Waals surface area contributed by atoms with Crippen LogP contribution in [0.25, 0.3) is 0 Å². The molecule has 2 N–H and O–H groups in total. The van der Waals surface area contributed by atoms with Gasteiger partial charge in [-0.15, -0.1) is 0 Å². The molecule has 0 radical (unpaired) electrons. The Morgan fingerprint density at radius 2 is 1.79 bits per heavy atom. The molecule has 7 heteroatoms. The zero-order chi connectivity index (χ0) is 20.1. The van der Waals surface area contributed by atoms with Crippen LogP contribution in [0.5, 0.6) is 11.6 Å². The van der Waals surface area contributed by atoms with Crippen LogP contribution < -0.4 is 15.4 Å². The van der Waals surface area contributed by atoms with Gasteiger partial charge in [0, 0.05) is 11.8 Å². The van der Waals surface area contributed by atoms with Crippen molar-refractivity contribution in [2.24, 2.45) is 0 Å². The summed E-state index contributed by atoms with van der Waals surface area (Å²) in [6.07, 6.45) is 3.09. The lowest BCUT2D eigenvalue weighted by molar-refractivity contribution is 0.262. The van der Waals surface area contributed by atoms with Gasteiger partial charge in [0.05, 0.1) is 11.9 Å². The standard InChI is InChI=1S/C21H21ClN4O2/c1-21(2,3)15-7-4-5-9-17(15)28-19-16(8-6-12-23-19)26-20(27)25-14-10-11-18(22)24-13-14/h4-13H,1-3H3,(H2,25,26,27). The normalized spacial score (nSPS) is 11.0. The summed E-state index contributed by atoms with van der Waals surface area (Å²) in [5.74, 6) is 1.00. The van der Waals surface area contributed by atoms with E-state index in [4.69, 9.17) is 16.3 Å². The number of aromatic nitrogens is 2. The summed E-state index contributed by atoms with van der Waals surface area (Å²) in [4.78, 5) is 20.5. The van der Waals surface area contributed by atoms with Crippen molar-refractivity contribution in [1.82, 2.24) is 9.97 Å². The van der Waals surface area contributed by atoms with Crippen molar-refractivity contribution < 1.29 is 9.53 Å². The van der Waals surface area contributed by atoms with Crippen LogP contribution in [-0.4, -0.2) is 16.0 Å². The van der Waals surface area contributed by atoms with Crippen molar-refractivity contribution in [3.05, 3.63) is 71.6 Å². The first kappa shape index (κ1) is 19.6. The minimum atomic E-state index is -0.439. The highest BCUT2D eigenvalue weighted by Crippen LogP contribution is 2.35. The summed E-state index contributed by atoms with van der Waals surface area (Å²) in [6.45, 7) is 6.33. The Hall–Kier alpha value is -3.12. The minimum absolute atomic E-state index is 0.0993. The molecule has 0 aliphatic rings. The minimum Gasteiger partial charge on any atom is -0.437 e. The molecule has 2 amide bonds. The maximum atomic E-state index is 12.3. The van der Waals surface area contributed by atoms with Crippen LogP contribution in [0.1, 0.15) is 26.3 Å². The third kappa shape index (κ3) is 4.98. The number of nitrogens with zero attached hydrogens (tertiary/aromatic N) is 2. The summed E-state index contributed by atoms with van der Waals surface area (Å²) in [7, 11) is 0. The molecule has 3 rings (SSSR count). The van der Waals surface area contributed by atoms with Crippen LogP contribution in [0.3, 0.4) is 0 Å². The van der Waals surface area contributed by atoms with Crippen molar-refractivity contribution in [3.8, 4) is 11.6 Å². The zero-order valence-corrected chi connectivity index (χ0v) is 16.6. The molecule has 0 saturated heterocycles. The molecule has 0 aliphatic carbocycles. The number of para-hydroxylation sites is 1. The molecule has 2 heterocycles. The van der Waals surface area contributed by atoms with Gasteiger partial charge in [0.2, 0.25) is 5.88 Å². The van der Waals surface area contributed by atoms with Gasteiger partial charge in [-0.05, 0) is 35.7 Å². The Bertz CT molecular complexity index is 969. The third-order valence-electron chi connectivity index (χ3n) is 3.91. The molecule has 0 aliphatic heterocycles.